The lowest BCUT2D eigenvalue weighted by Crippen LogP contribution is -2.52. The van der Waals surface area contributed by atoms with Gasteiger partial charge >= 0.3 is 0 Å². The fourth-order valence-corrected chi connectivity index (χ4v) is 2.74. The maximum Gasteiger partial charge on any atom is 0.239 e. The summed E-state index contributed by atoms with van der Waals surface area (Å²) in [5.41, 5.74) is 5.80. The predicted octanol–water partition coefficient (Wildman–Crippen LogP) is 2.84. The van der Waals surface area contributed by atoms with Crippen molar-refractivity contribution >= 4 is 5.91 Å². The minimum absolute atomic E-state index is 0.00850. The lowest BCUT2D eigenvalue weighted by atomic mass is 9.73. The van der Waals surface area contributed by atoms with Gasteiger partial charge in [0, 0.05) is 6.54 Å². The lowest BCUT2D eigenvalue weighted by Gasteiger charge is -2.34. The number of nitrogens with two attached hydrogens (primary N) is 1. The van der Waals surface area contributed by atoms with Crippen molar-refractivity contribution in [1.82, 2.24) is 5.32 Å². The average molecular weight is 254 g/mol. The fraction of sp³-hybridized carbons (Fsp3) is 0.933. The Labute approximate surface area is 112 Å². The molecule has 1 fully saturated rings. The summed E-state index contributed by atoms with van der Waals surface area (Å²) in [5, 5.41) is 3.04. The van der Waals surface area contributed by atoms with E-state index in [-0.39, 0.29) is 5.91 Å². The van der Waals surface area contributed by atoms with Crippen molar-refractivity contribution in [3.63, 3.8) is 0 Å². The molecule has 0 aromatic rings. The third-order valence-electron chi connectivity index (χ3n) is 4.30. The molecule has 18 heavy (non-hydrogen) atoms. The van der Waals surface area contributed by atoms with Crippen LogP contribution in [0.1, 0.15) is 66.2 Å². The Morgan fingerprint density at radius 2 is 1.94 bits per heavy atom. The molecule has 0 saturated heterocycles. The van der Waals surface area contributed by atoms with Gasteiger partial charge < -0.3 is 11.1 Å². The van der Waals surface area contributed by atoms with Crippen molar-refractivity contribution in [3.8, 4) is 0 Å². The molecule has 0 radical (unpaired) electrons. The quantitative estimate of drug-likeness (QED) is 0.792. The monoisotopic (exact) mass is 254 g/mol. The Morgan fingerprint density at radius 1 is 1.39 bits per heavy atom. The van der Waals surface area contributed by atoms with Crippen molar-refractivity contribution in [2.75, 3.05) is 6.54 Å². The minimum atomic E-state index is -0.706. The van der Waals surface area contributed by atoms with Gasteiger partial charge in [0.1, 0.15) is 0 Å². The predicted molar refractivity (Wildman–Crippen MR) is 76.2 cm³/mol. The van der Waals surface area contributed by atoms with E-state index in [4.69, 9.17) is 5.73 Å². The summed E-state index contributed by atoms with van der Waals surface area (Å²) < 4.78 is 0. The molecule has 0 aromatic carbocycles. The van der Waals surface area contributed by atoms with Gasteiger partial charge in [-0.05, 0) is 50.4 Å². The molecule has 0 aliphatic heterocycles. The molecule has 0 aromatic heterocycles. The zero-order valence-electron chi connectivity index (χ0n) is 12.5. The van der Waals surface area contributed by atoms with Gasteiger partial charge in [0.25, 0.3) is 0 Å². The molecule has 0 bridgehead atoms. The van der Waals surface area contributed by atoms with E-state index < -0.39 is 5.54 Å². The van der Waals surface area contributed by atoms with E-state index in [1.165, 1.54) is 25.7 Å². The van der Waals surface area contributed by atoms with Gasteiger partial charge in [0.2, 0.25) is 5.91 Å². The minimum Gasteiger partial charge on any atom is -0.354 e. The molecule has 1 rings (SSSR count). The summed E-state index contributed by atoms with van der Waals surface area (Å²) in [7, 11) is 0. The smallest absolute Gasteiger partial charge is 0.239 e. The molecule has 0 spiro atoms. The molecule has 3 N–H and O–H groups in total. The topological polar surface area (TPSA) is 55.1 Å². The van der Waals surface area contributed by atoms with Crippen LogP contribution in [0, 0.1) is 11.3 Å². The van der Waals surface area contributed by atoms with Crippen molar-refractivity contribution < 1.29 is 4.79 Å². The van der Waals surface area contributed by atoms with E-state index in [1.807, 2.05) is 6.92 Å². The summed E-state index contributed by atoms with van der Waals surface area (Å²) in [5.74, 6) is 0.647. The second-order valence-electron chi connectivity index (χ2n) is 6.99. The number of carbonyl (C=O) groups is 1. The van der Waals surface area contributed by atoms with Gasteiger partial charge in [-0.1, -0.05) is 27.2 Å². The summed E-state index contributed by atoms with van der Waals surface area (Å²) in [4.78, 5) is 12.0. The molecule has 3 nitrogen and oxygen atoms in total. The van der Waals surface area contributed by atoms with E-state index in [2.05, 4.69) is 26.1 Å². The van der Waals surface area contributed by atoms with Crippen LogP contribution in [0.25, 0.3) is 0 Å². The standard InChI is InChI=1S/C15H30N2O/c1-5-8-15(4,16)13(18)17-11-12-6-9-14(2,3)10-7-12/h12H,5-11,16H2,1-4H3,(H,17,18). The van der Waals surface area contributed by atoms with Crippen LogP contribution in [0.3, 0.4) is 0 Å². The summed E-state index contributed by atoms with van der Waals surface area (Å²) in [6, 6.07) is 0. The second-order valence-corrected chi connectivity index (χ2v) is 6.99. The van der Waals surface area contributed by atoms with E-state index in [9.17, 15) is 4.79 Å². The molecule has 3 heteroatoms. The van der Waals surface area contributed by atoms with Crippen LogP contribution in [0.5, 0.6) is 0 Å². The Balaban J connectivity index is 2.31. The van der Waals surface area contributed by atoms with Crippen LogP contribution in [0.4, 0.5) is 0 Å². The molecule has 1 amide bonds. The first-order chi connectivity index (χ1) is 8.27. The Hall–Kier alpha value is -0.570. The number of carbonyl (C=O) groups excluding carboxylic acids is 1. The number of amides is 1. The Bertz CT molecular complexity index is 274. The van der Waals surface area contributed by atoms with Crippen LogP contribution in [0.2, 0.25) is 0 Å². The number of rotatable bonds is 5. The van der Waals surface area contributed by atoms with E-state index >= 15 is 0 Å². The van der Waals surface area contributed by atoms with Gasteiger partial charge in [-0.3, -0.25) is 4.79 Å². The molecule has 0 heterocycles. The largest absolute Gasteiger partial charge is 0.354 e. The van der Waals surface area contributed by atoms with Crippen molar-refractivity contribution in [3.05, 3.63) is 0 Å². The normalized spacial score (nSPS) is 23.4. The first-order valence-electron chi connectivity index (χ1n) is 7.34. The van der Waals surface area contributed by atoms with Gasteiger partial charge in [0.15, 0.2) is 0 Å². The van der Waals surface area contributed by atoms with Crippen LogP contribution >= 0.6 is 0 Å². The highest BCUT2D eigenvalue weighted by atomic mass is 16.2. The highest BCUT2D eigenvalue weighted by Gasteiger charge is 2.30. The summed E-state index contributed by atoms with van der Waals surface area (Å²) >= 11 is 0. The maximum atomic E-state index is 12.0. The SMILES string of the molecule is CCCC(C)(N)C(=O)NCC1CCC(C)(C)CC1. The fourth-order valence-electron chi connectivity index (χ4n) is 2.74. The van der Waals surface area contributed by atoms with Crippen LogP contribution < -0.4 is 11.1 Å². The van der Waals surface area contributed by atoms with Crippen LogP contribution in [0.15, 0.2) is 0 Å². The highest BCUT2D eigenvalue weighted by molar-refractivity contribution is 5.85. The van der Waals surface area contributed by atoms with E-state index in [0.717, 1.165) is 19.4 Å². The summed E-state index contributed by atoms with van der Waals surface area (Å²) in [6.07, 6.45) is 6.67. The average Bonchev–Trinajstić information content (AvgIpc) is 2.27. The zero-order chi connectivity index (χ0) is 13.8. The molecule has 1 aliphatic carbocycles. The Morgan fingerprint density at radius 3 is 2.44 bits per heavy atom. The van der Waals surface area contributed by atoms with Gasteiger partial charge in [0.05, 0.1) is 5.54 Å². The first kappa shape index (κ1) is 15.5. The maximum absolute atomic E-state index is 12.0. The zero-order valence-corrected chi connectivity index (χ0v) is 12.5. The van der Waals surface area contributed by atoms with Crippen molar-refractivity contribution in [1.29, 1.82) is 0 Å². The lowest BCUT2D eigenvalue weighted by molar-refractivity contribution is -0.126. The summed E-state index contributed by atoms with van der Waals surface area (Å²) in [6.45, 7) is 9.35. The van der Waals surface area contributed by atoms with Crippen LogP contribution in [-0.4, -0.2) is 18.0 Å². The molecule has 1 atom stereocenters. The first-order valence-corrected chi connectivity index (χ1v) is 7.34. The second kappa shape index (κ2) is 6.05. The highest BCUT2D eigenvalue weighted by Crippen LogP contribution is 2.37. The molecule has 1 unspecified atom stereocenters. The number of hydrogen-bond acceptors (Lipinski definition) is 2. The molecular weight excluding hydrogens is 224 g/mol. The van der Waals surface area contributed by atoms with Crippen molar-refractivity contribution in [2.45, 2.75) is 71.8 Å². The molecule has 1 saturated carbocycles. The van der Waals surface area contributed by atoms with Gasteiger partial charge in [-0.25, -0.2) is 0 Å². The number of hydrogen-bond donors (Lipinski definition) is 2. The molecule has 1 aliphatic rings. The number of nitrogens with one attached hydrogen (secondary N) is 1. The third kappa shape index (κ3) is 4.60. The van der Waals surface area contributed by atoms with E-state index in [1.54, 1.807) is 0 Å². The van der Waals surface area contributed by atoms with Gasteiger partial charge in [-0.2, -0.15) is 0 Å². The molecule has 106 valence electrons. The van der Waals surface area contributed by atoms with Gasteiger partial charge in [-0.15, -0.1) is 0 Å². The van der Waals surface area contributed by atoms with Crippen LogP contribution in [-0.2, 0) is 4.79 Å². The third-order valence-corrected chi connectivity index (χ3v) is 4.30. The molecular formula is C15H30N2O. The Kier molecular flexibility index (Phi) is 5.20. The van der Waals surface area contributed by atoms with E-state index in [0.29, 0.717) is 11.3 Å². The van der Waals surface area contributed by atoms with Crippen molar-refractivity contribution in [2.24, 2.45) is 17.1 Å².